The van der Waals surface area contributed by atoms with Gasteiger partial charge in [0.15, 0.2) is 0 Å². The summed E-state index contributed by atoms with van der Waals surface area (Å²) in [6.45, 7) is 2.63. The number of nitrogen functional groups attached to an aromatic ring is 1. The molecule has 2 aromatic carbocycles. The van der Waals surface area contributed by atoms with Crippen molar-refractivity contribution in [2.24, 2.45) is 0 Å². The zero-order valence-electron chi connectivity index (χ0n) is 11.7. The number of carbonyl (C=O) groups excluding carboxylic acids is 1. The van der Waals surface area contributed by atoms with E-state index in [1.54, 1.807) is 36.4 Å². The van der Waals surface area contributed by atoms with Crippen LogP contribution in [0, 0.1) is 6.92 Å². The standard InChI is InChI=1S/C16H17ClN2O2/c1-11-3-2-4-14(15(11)17)16(20)19-9-10-21-13-7-5-12(18)6-8-13/h2-8H,9-10,18H2,1H3,(H,19,20). The van der Waals surface area contributed by atoms with Gasteiger partial charge in [-0.25, -0.2) is 0 Å². The molecule has 2 aromatic rings. The first-order chi connectivity index (χ1) is 10.1. The number of carbonyl (C=O) groups is 1. The second-order valence-corrected chi connectivity index (χ2v) is 4.99. The van der Waals surface area contributed by atoms with Crippen molar-refractivity contribution in [3.63, 3.8) is 0 Å². The van der Waals surface area contributed by atoms with Gasteiger partial charge in [-0.3, -0.25) is 4.79 Å². The van der Waals surface area contributed by atoms with Gasteiger partial charge in [0.1, 0.15) is 12.4 Å². The van der Waals surface area contributed by atoms with Gasteiger partial charge in [-0.2, -0.15) is 0 Å². The van der Waals surface area contributed by atoms with Crippen LogP contribution in [0.25, 0.3) is 0 Å². The highest BCUT2D eigenvalue weighted by atomic mass is 35.5. The Hall–Kier alpha value is -2.20. The maximum atomic E-state index is 12.0. The van der Waals surface area contributed by atoms with Crippen molar-refractivity contribution in [1.29, 1.82) is 0 Å². The van der Waals surface area contributed by atoms with E-state index in [-0.39, 0.29) is 5.91 Å². The van der Waals surface area contributed by atoms with Crippen LogP contribution in [0.5, 0.6) is 5.75 Å². The number of rotatable bonds is 5. The van der Waals surface area contributed by atoms with Crippen LogP contribution in [0.4, 0.5) is 5.69 Å². The molecule has 0 aliphatic carbocycles. The zero-order chi connectivity index (χ0) is 15.2. The molecular formula is C16H17ClN2O2. The molecule has 0 heterocycles. The largest absolute Gasteiger partial charge is 0.492 e. The second kappa shape index (κ2) is 6.99. The molecule has 0 aromatic heterocycles. The lowest BCUT2D eigenvalue weighted by atomic mass is 10.1. The molecule has 1 amide bonds. The van der Waals surface area contributed by atoms with Crippen molar-refractivity contribution in [3.05, 3.63) is 58.6 Å². The first-order valence-electron chi connectivity index (χ1n) is 6.59. The Labute approximate surface area is 128 Å². The average molecular weight is 305 g/mol. The summed E-state index contributed by atoms with van der Waals surface area (Å²) in [5, 5.41) is 3.26. The molecule has 0 radical (unpaired) electrons. The maximum absolute atomic E-state index is 12.0. The number of nitrogens with two attached hydrogens (primary N) is 1. The third-order valence-electron chi connectivity index (χ3n) is 2.97. The number of amides is 1. The number of ether oxygens (including phenoxy) is 1. The average Bonchev–Trinajstić information content (AvgIpc) is 2.48. The number of hydrogen-bond acceptors (Lipinski definition) is 3. The van der Waals surface area contributed by atoms with E-state index in [9.17, 15) is 4.79 Å². The smallest absolute Gasteiger partial charge is 0.252 e. The highest BCUT2D eigenvalue weighted by molar-refractivity contribution is 6.34. The van der Waals surface area contributed by atoms with E-state index < -0.39 is 0 Å². The van der Waals surface area contributed by atoms with E-state index in [0.717, 1.165) is 5.56 Å². The quantitative estimate of drug-likeness (QED) is 0.659. The van der Waals surface area contributed by atoms with Crippen LogP contribution in [0.1, 0.15) is 15.9 Å². The Kier molecular flexibility index (Phi) is 5.06. The summed E-state index contributed by atoms with van der Waals surface area (Å²) in [7, 11) is 0. The molecule has 0 aliphatic heterocycles. The lowest BCUT2D eigenvalue weighted by Crippen LogP contribution is -2.28. The van der Waals surface area contributed by atoms with Gasteiger partial charge >= 0.3 is 0 Å². The Morgan fingerprint density at radius 1 is 1.24 bits per heavy atom. The highest BCUT2D eigenvalue weighted by Crippen LogP contribution is 2.20. The number of halogens is 1. The molecule has 0 fully saturated rings. The Balaban J connectivity index is 1.82. The number of aryl methyl sites for hydroxylation is 1. The first kappa shape index (κ1) is 15.2. The van der Waals surface area contributed by atoms with E-state index >= 15 is 0 Å². The molecule has 21 heavy (non-hydrogen) atoms. The van der Waals surface area contributed by atoms with Gasteiger partial charge < -0.3 is 15.8 Å². The molecule has 0 atom stereocenters. The summed E-state index contributed by atoms with van der Waals surface area (Å²) in [6, 6.07) is 12.5. The van der Waals surface area contributed by atoms with Crippen LogP contribution in [-0.4, -0.2) is 19.1 Å². The van der Waals surface area contributed by atoms with Crippen LogP contribution in [0.2, 0.25) is 5.02 Å². The molecule has 0 saturated heterocycles. The van der Waals surface area contributed by atoms with Crippen LogP contribution >= 0.6 is 11.6 Å². The maximum Gasteiger partial charge on any atom is 0.252 e. The molecule has 0 spiro atoms. The zero-order valence-corrected chi connectivity index (χ0v) is 12.5. The van der Waals surface area contributed by atoms with Crippen LogP contribution < -0.4 is 15.8 Å². The molecule has 110 valence electrons. The van der Waals surface area contributed by atoms with Crippen molar-refractivity contribution in [3.8, 4) is 5.75 Å². The molecular weight excluding hydrogens is 288 g/mol. The van der Waals surface area contributed by atoms with Gasteiger partial charge in [0.2, 0.25) is 0 Å². The van der Waals surface area contributed by atoms with E-state index in [1.165, 1.54) is 0 Å². The molecule has 4 nitrogen and oxygen atoms in total. The highest BCUT2D eigenvalue weighted by Gasteiger charge is 2.10. The number of hydrogen-bond donors (Lipinski definition) is 2. The van der Waals surface area contributed by atoms with Gasteiger partial charge in [-0.15, -0.1) is 0 Å². The minimum atomic E-state index is -0.204. The first-order valence-corrected chi connectivity index (χ1v) is 6.97. The Morgan fingerprint density at radius 3 is 2.67 bits per heavy atom. The fraction of sp³-hybridized carbons (Fsp3) is 0.188. The fourth-order valence-electron chi connectivity index (χ4n) is 1.82. The number of benzene rings is 2. The molecule has 0 bridgehead atoms. The van der Waals surface area contributed by atoms with E-state index in [4.69, 9.17) is 22.1 Å². The third kappa shape index (κ3) is 4.13. The van der Waals surface area contributed by atoms with Crippen LogP contribution in [-0.2, 0) is 0 Å². The van der Waals surface area contributed by atoms with Crippen molar-refractivity contribution >= 4 is 23.2 Å². The molecule has 0 saturated carbocycles. The minimum Gasteiger partial charge on any atom is -0.492 e. The van der Waals surface area contributed by atoms with E-state index in [1.807, 2.05) is 13.0 Å². The summed E-state index contributed by atoms with van der Waals surface area (Å²) in [5.74, 6) is 0.511. The van der Waals surface area contributed by atoms with Crippen molar-refractivity contribution in [2.75, 3.05) is 18.9 Å². The predicted molar refractivity (Wildman–Crippen MR) is 84.9 cm³/mol. The summed E-state index contributed by atoms with van der Waals surface area (Å²) in [6.07, 6.45) is 0. The lowest BCUT2D eigenvalue weighted by Gasteiger charge is -2.09. The minimum absolute atomic E-state index is 0.204. The lowest BCUT2D eigenvalue weighted by molar-refractivity contribution is 0.0947. The van der Waals surface area contributed by atoms with E-state index in [0.29, 0.717) is 35.2 Å². The monoisotopic (exact) mass is 304 g/mol. The molecule has 2 rings (SSSR count). The summed E-state index contributed by atoms with van der Waals surface area (Å²) < 4.78 is 5.50. The Morgan fingerprint density at radius 2 is 1.95 bits per heavy atom. The van der Waals surface area contributed by atoms with Gasteiger partial charge in [0, 0.05) is 5.69 Å². The predicted octanol–water partition coefficient (Wildman–Crippen LogP) is 3.04. The van der Waals surface area contributed by atoms with Crippen molar-refractivity contribution < 1.29 is 9.53 Å². The molecule has 5 heteroatoms. The van der Waals surface area contributed by atoms with Crippen LogP contribution in [0.15, 0.2) is 42.5 Å². The van der Waals surface area contributed by atoms with Gasteiger partial charge in [0.05, 0.1) is 17.1 Å². The third-order valence-corrected chi connectivity index (χ3v) is 3.47. The number of anilines is 1. The van der Waals surface area contributed by atoms with Gasteiger partial charge in [-0.05, 0) is 42.8 Å². The summed E-state index contributed by atoms with van der Waals surface area (Å²) >= 11 is 6.11. The summed E-state index contributed by atoms with van der Waals surface area (Å²) in [5.41, 5.74) is 7.63. The second-order valence-electron chi connectivity index (χ2n) is 4.61. The fourth-order valence-corrected chi connectivity index (χ4v) is 2.03. The molecule has 0 aliphatic rings. The SMILES string of the molecule is Cc1cccc(C(=O)NCCOc2ccc(N)cc2)c1Cl. The molecule has 0 unspecified atom stereocenters. The topological polar surface area (TPSA) is 64.3 Å². The van der Waals surface area contributed by atoms with Gasteiger partial charge in [-0.1, -0.05) is 23.7 Å². The molecule has 3 N–H and O–H groups in total. The normalized spacial score (nSPS) is 10.2. The number of nitrogens with one attached hydrogen (secondary N) is 1. The van der Waals surface area contributed by atoms with Gasteiger partial charge in [0.25, 0.3) is 5.91 Å². The Bertz CT molecular complexity index is 627. The van der Waals surface area contributed by atoms with E-state index in [2.05, 4.69) is 5.32 Å². The van der Waals surface area contributed by atoms with Crippen molar-refractivity contribution in [2.45, 2.75) is 6.92 Å². The van der Waals surface area contributed by atoms with Crippen molar-refractivity contribution in [1.82, 2.24) is 5.32 Å². The van der Waals surface area contributed by atoms with Crippen LogP contribution in [0.3, 0.4) is 0 Å². The summed E-state index contributed by atoms with van der Waals surface area (Å²) in [4.78, 5) is 12.0.